The number of nitrogens with one attached hydrogen (secondary N) is 1. The molecule has 1 unspecified atom stereocenters. The molecule has 0 aliphatic rings. The van der Waals surface area contributed by atoms with Gasteiger partial charge >= 0.3 is 5.97 Å². The zero-order chi connectivity index (χ0) is 13.5. The number of halogens is 1. The van der Waals surface area contributed by atoms with Gasteiger partial charge in [-0.2, -0.15) is 0 Å². The van der Waals surface area contributed by atoms with Gasteiger partial charge in [-0.3, -0.25) is 0 Å². The summed E-state index contributed by atoms with van der Waals surface area (Å²) in [6.45, 7) is 2.45. The Kier molecular flexibility index (Phi) is 5.51. The van der Waals surface area contributed by atoms with E-state index in [0.29, 0.717) is 6.61 Å². The van der Waals surface area contributed by atoms with Crippen molar-refractivity contribution in [1.82, 2.24) is 4.98 Å². The van der Waals surface area contributed by atoms with E-state index in [0.717, 1.165) is 25.1 Å². The number of ether oxygens (including phenoxy) is 1. The summed E-state index contributed by atoms with van der Waals surface area (Å²) in [5.74, 6) is -1.71. The van der Waals surface area contributed by atoms with Crippen molar-refractivity contribution >= 4 is 11.8 Å². The molecule has 6 heteroatoms. The van der Waals surface area contributed by atoms with E-state index in [1.165, 1.54) is 0 Å². The van der Waals surface area contributed by atoms with Gasteiger partial charge < -0.3 is 15.2 Å². The van der Waals surface area contributed by atoms with E-state index in [-0.39, 0.29) is 17.4 Å². The molecule has 100 valence electrons. The smallest absolute Gasteiger partial charge is 0.339 e. The number of hydrogen-bond acceptors (Lipinski definition) is 4. The maximum Gasteiger partial charge on any atom is 0.339 e. The van der Waals surface area contributed by atoms with E-state index in [2.05, 4.69) is 10.3 Å². The summed E-state index contributed by atoms with van der Waals surface area (Å²) in [6.07, 6.45) is 2.72. The van der Waals surface area contributed by atoms with Gasteiger partial charge in [0.2, 0.25) is 0 Å². The van der Waals surface area contributed by atoms with Crippen molar-refractivity contribution in [3.63, 3.8) is 0 Å². The summed E-state index contributed by atoms with van der Waals surface area (Å²) < 4.78 is 18.0. The molecule has 0 aromatic carbocycles. The molecule has 0 aliphatic heterocycles. The molecule has 5 nitrogen and oxygen atoms in total. The molecule has 0 aliphatic carbocycles. The molecule has 1 heterocycles. The molecule has 2 N–H and O–H groups in total. The molecule has 1 atom stereocenters. The maximum absolute atomic E-state index is 13.0. The van der Waals surface area contributed by atoms with Gasteiger partial charge in [-0.15, -0.1) is 0 Å². The quantitative estimate of drug-likeness (QED) is 0.782. The molecule has 0 amide bonds. The Bertz CT molecular complexity index is 406. The third-order valence-corrected chi connectivity index (χ3v) is 2.43. The lowest BCUT2D eigenvalue weighted by Gasteiger charge is -2.18. The lowest BCUT2D eigenvalue weighted by atomic mass is 10.1. The second-order valence-electron chi connectivity index (χ2n) is 3.94. The second kappa shape index (κ2) is 6.90. The maximum atomic E-state index is 13.0. The number of nitrogens with zero attached hydrogens (tertiary/aromatic N) is 1. The first-order chi connectivity index (χ1) is 8.58. The molecule has 0 bridgehead atoms. The molecule has 1 aromatic heterocycles. The molecule has 18 heavy (non-hydrogen) atoms. The van der Waals surface area contributed by atoms with Crippen molar-refractivity contribution in [2.24, 2.45) is 0 Å². The van der Waals surface area contributed by atoms with E-state index in [1.54, 1.807) is 7.11 Å². The molecule has 0 saturated heterocycles. The van der Waals surface area contributed by atoms with Crippen LogP contribution in [0.1, 0.15) is 30.1 Å². The van der Waals surface area contributed by atoms with Crippen LogP contribution in [-0.2, 0) is 4.74 Å². The number of carboxylic acids is 1. The zero-order valence-electron chi connectivity index (χ0n) is 10.4. The number of anilines is 1. The van der Waals surface area contributed by atoms with E-state index >= 15 is 0 Å². The van der Waals surface area contributed by atoms with Crippen LogP contribution in [0.15, 0.2) is 12.3 Å². The number of rotatable bonds is 7. The summed E-state index contributed by atoms with van der Waals surface area (Å²) in [4.78, 5) is 14.8. The normalized spacial score (nSPS) is 12.2. The minimum absolute atomic E-state index is 0.0453. The molecule has 0 fully saturated rings. The fourth-order valence-corrected chi connectivity index (χ4v) is 1.66. The monoisotopic (exact) mass is 256 g/mol. The highest BCUT2D eigenvalue weighted by molar-refractivity contribution is 5.93. The van der Waals surface area contributed by atoms with Crippen molar-refractivity contribution in [2.75, 3.05) is 19.0 Å². The fourth-order valence-electron chi connectivity index (χ4n) is 1.66. The minimum Gasteiger partial charge on any atom is -0.478 e. The van der Waals surface area contributed by atoms with Crippen LogP contribution < -0.4 is 5.32 Å². The number of pyridine rings is 1. The predicted molar refractivity (Wildman–Crippen MR) is 65.3 cm³/mol. The SMILES string of the molecule is CCCC(COC)Nc1ncc(F)cc1C(=O)O. The summed E-state index contributed by atoms with van der Waals surface area (Å²) in [6, 6.07) is 0.907. The molecule has 0 spiro atoms. The minimum atomic E-state index is -1.21. The predicted octanol–water partition coefficient (Wildman–Crippen LogP) is 2.15. The van der Waals surface area contributed by atoms with Crippen molar-refractivity contribution in [3.05, 3.63) is 23.6 Å². The van der Waals surface area contributed by atoms with Gasteiger partial charge in [0.1, 0.15) is 17.2 Å². The van der Waals surface area contributed by atoms with E-state index in [4.69, 9.17) is 9.84 Å². The van der Waals surface area contributed by atoms with Gasteiger partial charge in [-0.25, -0.2) is 14.2 Å². The Morgan fingerprint density at radius 1 is 1.67 bits per heavy atom. The highest BCUT2D eigenvalue weighted by atomic mass is 19.1. The first-order valence-corrected chi connectivity index (χ1v) is 5.72. The van der Waals surface area contributed by atoms with Crippen LogP contribution in [0.5, 0.6) is 0 Å². The Labute approximate surface area is 105 Å². The number of carbonyl (C=O) groups is 1. The second-order valence-corrected chi connectivity index (χ2v) is 3.94. The first-order valence-electron chi connectivity index (χ1n) is 5.72. The number of hydrogen-bond donors (Lipinski definition) is 2. The van der Waals surface area contributed by atoms with Crippen LogP contribution in [0.2, 0.25) is 0 Å². The van der Waals surface area contributed by atoms with E-state index < -0.39 is 11.8 Å². The Balaban J connectivity index is 2.90. The van der Waals surface area contributed by atoms with Crippen LogP contribution in [0.25, 0.3) is 0 Å². The highest BCUT2D eigenvalue weighted by Gasteiger charge is 2.16. The van der Waals surface area contributed by atoms with E-state index in [1.807, 2.05) is 6.92 Å². The van der Waals surface area contributed by atoms with Crippen molar-refractivity contribution < 1.29 is 19.0 Å². The lowest BCUT2D eigenvalue weighted by Crippen LogP contribution is -2.26. The van der Waals surface area contributed by atoms with Gasteiger partial charge in [0.25, 0.3) is 0 Å². The number of aromatic carboxylic acids is 1. The molecular weight excluding hydrogens is 239 g/mol. The Morgan fingerprint density at radius 2 is 2.39 bits per heavy atom. The van der Waals surface area contributed by atoms with Crippen molar-refractivity contribution in [3.8, 4) is 0 Å². The lowest BCUT2D eigenvalue weighted by molar-refractivity contribution is 0.0696. The Morgan fingerprint density at radius 3 is 2.94 bits per heavy atom. The fraction of sp³-hybridized carbons (Fsp3) is 0.500. The van der Waals surface area contributed by atoms with Crippen LogP contribution in [-0.4, -0.2) is 35.8 Å². The van der Waals surface area contributed by atoms with Gasteiger partial charge in [-0.1, -0.05) is 13.3 Å². The Hall–Kier alpha value is -1.69. The third-order valence-electron chi connectivity index (χ3n) is 2.43. The van der Waals surface area contributed by atoms with Gasteiger partial charge in [-0.05, 0) is 12.5 Å². The van der Waals surface area contributed by atoms with E-state index in [9.17, 15) is 9.18 Å². The average molecular weight is 256 g/mol. The largest absolute Gasteiger partial charge is 0.478 e. The topological polar surface area (TPSA) is 71.5 Å². The van der Waals surface area contributed by atoms with Crippen LogP contribution in [0, 0.1) is 5.82 Å². The number of aromatic nitrogens is 1. The first kappa shape index (κ1) is 14.4. The average Bonchev–Trinajstić information content (AvgIpc) is 2.32. The number of methoxy groups -OCH3 is 1. The molecule has 1 aromatic rings. The van der Waals surface area contributed by atoms with Gasteiger partial charge in [0.15, 0.2) is 0 Å². The summed E-state index contributed by atoms with van der Waals surface area (Å²) >= 11 is 0. The van der Waals surface area contributed by atoms with Crippen molar-refractivity contribution in [2.45, 2.75) is 25.8 Å². The molecular formula is C12H17FN2O3. The number of carboxylic acid groups (broad SMARTS) is 1. The summed E-state index contributed by atoms with van der Waals surface area (Å²) in [5.41, 5.74) is -0.174. The van der Waals surface area contributed by atoms with Crippen molar-refractivity contribution in [1.29, 1.82) is 0 Å². The molecule has 0 saturated carbocycles. The van der Waals surface area contributed by atoms with Crippen LogP contribution in [0.4, 0.5) is 10.2 Å². The van der Waals surface area contributed by atoms with Gasteiger partial charge in [0, 0.05) is 7.11 Å². The van der Waals surface area contributed by atoms with Crippen LogP contribution >= 0.6 is 0 Å². The zero-order valence-corrected chi connectivity index (χ0v) is 10.4. The van der Waals surface area contributed by atoms with Crippen LogP contribution in [0.3, 0.4) is 0 Å². The third kappa shape index (κ3) is 3.96. The summed E-state index contributed by atoms with van der Waals surface area (Å²) in [5, 5.41) is 12.0. The molecule has 0 radical (unpaired) electrons. The highest BCUT2D eigenvalue weighted by Crippen LogP contribution is 2.16. The summed E-state index contributed by atoms with van der Waals surface area (Å²) in [7, 11) is 1.57. The van der Waals surface area contributed by atoms with Gasteiger partial charge in [0.05, 0.1) is 18.8 Å². The standard InChI is InChI=1S/C12H17FN2O3/c1-3-4-9(7-18-2)15-11-10(12(16)17)5-8(13)6-14-11/h5-6,9H,3-4,7H2,1-2H3,(H,14,15)(H,16,17). The molecule has 1 rings (SSSR count).